The molecular formula is C18H26N2O2. The van der Waals surface area contributed by atoms with Gasteiger partial charge in [0.05, 0.1) is 12.5 Å². The Kier molecular flexibility index (Phi) is 5.99. The standard InChI is InChI=1S/C18H26N2O2/c1-13-8-10-16(11-9-13)20-18(22)12-17(19-14(2)21)15-6-4-3-5-7-15/h3-7,13,16-17H,8-12H2,1-2H3,(H,19,21)(H,20,22)/t13?,16?,17-/m1/s1. The molecule has 22 heavy (non-hydrogen) atoms. The Labute approximate surface area is 132 Å². The van der Waals surface area contributed by atoms with Crippen LogP contribution in [-0.2, 0) is 9.59 Å². The number of carbonyl (C=O) groups excluding carboxylic acids is 2. The molecule has 0 bridgehead atoms. The highest BCUT2D eigenvalue weighted by molar-refractivity contribution is 5.79. The number of rotatable bonds is 5. The van der Waals surface area contributed by atoms with Crippen LogP contribution in [-0.4, -0.2) is 17.9 Å². The minimum Gasteiger partial charge on any atom is -0.353 e. The molecule has 2 N–H and O–H groups in total. The van der Waals surface area contributed by atoms with Crippen molar-refractivity contribution in [1.29, 1.82) is 0 Å². The zero-order chi connectivity index (χ0) is 15.9. The molecule has 4 nitrogen and oxygen atoms in total. The molecule has 1 saturated carbocycles. The molecule has 2 amide bonds. The number of hydrogen-bond acceptors (Lipinski definition) is 2. The highest BCUT2D eigenvalue weighted by Crippen LogP contribution is 2.24. The summed E-state index contributed by atoms with van der Waals surface area (Å²) >= 11 is 0. The maximum atomic E-state index is 12.3. The van der Waals surface area contributed by atoms with Gasteiger partial charge in [-0.15, -0.1) is 0 Å². The van der Waals surface area contributed by atoms with Crippen LogP contribution in [0.15, 0.2) is 30.3 Å². The molecule has 0 spiro atoms. The van der Waals surface area contributed by atoms with Crippen molar-refractivity contribution in [3.63, 3.8) is 0 Å². The first kappa shape index (κ1) is 16.5. The second kappa shape index (κ2) is 7.97. The van der Waals surface area contributed by atoms with Gasteiger partial charge in [0.15, 0.2) is 0 Å². The van der Waals surface area contributed by atoms with E-state index >= 15 is 0 Å². The van der Waals surface area contributed by atoms with Crippen LogP contribution in [0.2, 0.25) is 0 Å². The fourth-order valence-electron chi connectivity index (χ4n) is 3.06. The number of benzene rings is 1. The number of carbonyl (C=O) groups is 2. The molecule has 2 rings (SSSR count). The predicted molar refractivity (Wildman–Crippen MR) is 87.2 cm³/mol. The third-order valence-corrected chi connectivity index (χ3v) is 4.35. The van der Waals surface area contributed by atoms with Gasteiger partial charge in [-0.2, -0.15) is 0 Å². The molecule has 1 aromatic carbocycles. The molecule has 4 heteroatoms. The summed E-state index contributed by atoms with van der Waals surface area (Å²) in [5.74, 6) is 0.667. The lowest BCUT2D eigenvalue weighted by Crippen LogP contribution is -2.39. The van der Waals surface area contributed by atoms with Crippen molar-refractivity contribution in [3.05, 3.63) is 35.9 Å². The molecule has 0 aromatic heterocycles. The Morgan fingerprint density at radius 2 is 1.77 bits per heavy atom. The smallest absolute Gasteiger partial charge is 0.222 e. The van der Waals surface area contributed by atoms with Gasteiger partial charge in [0.25, 0.3) is 0 Å². The maximum absolute atomic E-state index is 12.3. The lowest BCUT2D eigenvalue weighted by atomic mass is 9.87. The lowest BCUT2D eigenvalue weighted by Gasteiger charge is -2.27. The fraction of sp³-hybridized carbons (Fsp3) is 0.556. The van der Waals surface area contributed by atoms with Gasteiger partial charge in [-0.1, -0.05) is 37.3 Å². The zero-order valence-corrected chi connectivity index (χ0v) is 13.5. The Morgan fingerprint density at radius 3 is 2.36 bits per heavy atom. The van der Waals surface area contributed by atoms with E-state index in [0.717, 1.165) is 24.3 Å². The van der Waals surface area contributed by atoms with E-state index in [0.29, 0.717) is 0 Å². The van der Waals surface area contributed by atoms with Crippen LogP contribution in [0, 0.1) is 5.92 Å². The van der Waals surface area contributed by atoms with E-state index in [4.69, 9.17) is 0 Å². The van der Waals surface area contributed by atoms with Gasteiger partial charge in [0.1, 0.15) is 0 Å². The van der Waals surface area contributed by atoms with Crippen molar-refractivity contribution in [3.8, 4) is 0 Å². The Morgan fingerprint density at radius 1 is 1.14 bits per heavy atom. The van der Waals surface area contributed by atoms with Crippen molar-refractivity contribution in [2.45, 2.75) is 58.0 Å². The summed E-state index contributed by atoms with van der Waals surface area (Å²) in [4.78, 5) is 23.7. The fourth-order valence-corrected chi connectivity index (χ4v) is 3.06. The van der Waals surface area contributed by atoms with Gasteiger partial charge in [-0.05, 0) is 37.2 Å². The summed E-state index contributed by atoms with van der Waals surface area (Å²) < 4.78 is 0. The molecule has 0 unspecified atom stereocenters. The van der Waals surface area contributed by atoms with Crippen molar-refractivity contribution >= 4 is 11.8 Å². The lowest BCUT2D eigenvalue weighted by molar-refractivity contribution is -0.123. The topological polar surface area (TPSA) is 58.2 Å². The molecule has 1 aliphatic carbocycles. The van der Waals surface area contributed by atoms with E-state index in [-0.39, 0.29) is 30.3 Å². The highest BCUT2D eigenvalue weighted by atomic mass is 16.2. The van der Waals surface area contributed by atoms with Crippen molar-refractivity contribution < 1.29 is 9.59 Å². The molecule has 0 aliphatic heterocycles. The molecule has 0 saturated heterocycles. The predicted octanol–water partition coefficient (Wildman–Crippen LogP) is 2.95. The summed E-state index contributed by atoms with van der Waals surface area (Å²) in [6.45, 7) is 3.75. The van der Waals surface area contributed by atoms with Crippen LogP contribution < -0.4 is 10.6 Å². The second-order valence-corrected chi connectivity index (χ2v) is 6.39. The van der Waals surface area contributed by atoms with E-state index in [9.17, 15) is 9.59 Å². The average molecular weight is 302 g/mol. The van der Waals surface area contributed by atoms with Crippen molar-refractivity contribution in [2.24, 2.45) is 5.92 Å². The monoisotopic (exact) mass is 302 g/mol. The Hall–Kier alpha value is -1.84. The minimum absolute atomic E-state index is 0.0159. The van der Waals surface area contributed by atoms with E-state index in [2.05, 4.69) is 17.6 Å². The molecule has 0 radical (unpaired) electrons. The molecule has 1 aromatic rings. The van der Waals surface area contributed by atoms with Crippen LogP contribution in [0.3, 0.4) is 0 Å². The molecule has 1 atom stereocenters. The third-order valence-electron chi connectivity index (χ3n) is 4.35. The minimum atomic E-state index is -0.263. The Balaban J connectivity index is 1.92. The quantitative estimate of drug-likeness (QED) is 0.878. The van der Waals surface area contributed by atoms with Crippen LogP contribution in [0.1, 0.15) is 57.6 Å². The van der Waals surface area contributed by atoms with Gasteiger partial charge in [0, 0.05) is 13.0 Å². The van der Waals surface area contributed by atoms with Gasteiger partial charge in [0.2, 0.25) is 11.8 Å². The van der Waals surface area contributed by atoms with Crippen LogP contribution in [0.25, 0.3) is 0 Å². The maximum Gasteiger partial charge on any atom is 0.222 e. The van der Waals surface area contributed by atoms with E-state index in [1.54, 1.807) is 0 Å². The number of amides is 2. The summed E-state index contributed by atoms with van der Waals surface area (Å²) in [5, 5.41) is 5.99. The van der Waals surface area contributed by atoms with E-state index in [1.165, 1.54) is 19.8 Å². The first-order valence-corrected chi connectivity index (χ1v) is 8.16. The summed E-state index contributed by atoms with van der Waals surface area (Å²) in [6.07, 6.45) is 4.76. The summed E-state index contributed by atoms with van der Waals surface area (Å²) in [7, 11) is 0. The number of hydrogen-bond donors (Lipinski definition) is 2. The molecule has 0 heterocycles. The molecule has 120 valence electrons. The average Bonchev–Trinajstić information content (AvgIpc) is 2.49. The van der Waals surface area contributed by atoms with Crippen molar-refractivity contribution in [2.75, 3.05) is 0 Å². The zero-order valence-electron chi connectivity index (χ0n) is 13.5. The van der Waals surface area contributed by atoms with Crippen LogP contribution >= 0.6 is 0 Å². The first-order chi connectivity index (χ1) is 10.5. The second-order valence-electron chi connectivity index (χ2n) is 6.39. The van der Waals surface area contributed by atoms with Gasteiger partial charge in [-0.25, -0.2) is 0 Å². The van der Waals surface area contributed by atoms with Gasteiger partial charge in [-0.3, -0.25) is 9.59 Å². The largest absolute Gasteiger partial charge is 0.353 e. The summed E-state index contributed by atoms with van der Waals surface area (Å²) in [5.41, 5.74) is 0.963. The Bertz CT molecular complexity index is 493. The normalized spacial score (nSPS) is 22.6. The van der Waals surface area contributed by atoms with Crippen molar-refractivity contribution in [1.82, 2.24) is 10.6 Å². The van der Waals surface area contributed by atoms with Gasteiger partial charge < -0.3 is 10.6 Å². The SMILES string of the molecule is CC(=O)N[C@H](CC(=O)NC1CCC(C)CC1)c1ccccc1. The van der Waals surface area contributed by atoms with E-state index in [1.807, 2.05) is 30.3 Å². The third kappa shape index (κ3) is 5.17. The van der Waals surface area contributed by atoms with E-state index < -0.39 is 0 Å². The molecule has 1 fully saturated rings. The summed E-state index contributed by atoms with van der Waals surface area (Å²) in [6, 6.07) is 9.68. The highest BCUT2D eigenvalue weighted by Gasteiger charge is 2.22. The molecule has 1 aliphatic rings. The molecular weight excluding hydrogens is 276 g/mol. The number of nitrogens with one attached hydrogen (secondary N) is 2. The van der Waals surface area contributed by atoms with Gasteiger partial charge >= 0.3 is 0 Å². The van der Waals surface area contributed by atoms with Crippen LogP contribution in [0.5, 0.6) is 0 Å². The van der Waals surface area contributed by atoms with Crippen LogP contribution in [0.4, 0.5) is 0 Å². The first-order valence-electron chi connectivity index (χ1n) is 8.16.